The molecule has 1 aliphatic rings. The quantitative estimate of drug-likeness (QED) is 0.547. The van der Waals surface area contributed by atoms with E-state index in [4.69, 9.17) is 9.47 Å². The largest absolute Gasteiger partial charge is 0.497 e. The molecule has 2 heterocycles. The number of rotatable bonds is 4. The number of carbonyl (C=O) groups is 1. The molecule has 0 radical (unpaired) electrons. The zero-order chi connectivity index (χ0) is 17.4. The molecule has 1 saturated heterocycles. The molecule has 1 amide bonds. The zero-order valence-electron chi connectivity index (χ0n) is 13.5. The van der Waals surface area contributed by atoms with Crippen LogP contribution in [-0.4, -0.2) is 36.5 Å². The Labute approximate surface area is 167 Å². The summed E-state index contributed by atoms with van der Waals surface area (Å²) < 4.78 is 14.5. The zero-order valence-corrected chi connectivity index (χ0v) is 17.9. The first-order valence-electron chi connectivity index (χ1n) is 7.35. The molecule has 8 heteroatoms. The third-order valence-electron chi connectivity index (χ3n) is 4.08. The Morgan fingerprint density at radius 3 is 2.46 bits per heavy atom. The molecule has 0 aliphatic carbocycles. The molecule has 0 spiro atoms. The number of nitrogens with zero attached hydrogens (tertiary/aromatic N) is 3. The van der Waals surface area contributed by atoms with Gasteiger partial charge < -0.3 is 14.4 Å². The van der Waals surface area contributed by atoms with Gasteiger partial charge in [0.1, 0.15) is 11.4 Å². The summed E-state index contributed by atoms with van der Waals surface area (Å²) in [7, 11) is 5.05. The van der Waals surface area contributed by atoms with E-state index in [2.05, 4.69) is 50.3 Å². The van der Waals surface area contributed by atoms with Crippen LogP contribution in [0.5, 0.6) is 11.6 Å². The molecule has 24 heavy (non-hydrogen) atoms. The van der Waals surface area contributed by atoms with E-state index >= 15 is 0 Å². The third kappa shape index (κ3) is 3.22. The predicted octanol–water partition coefficient (Wildman–Crippen LogP) is 3.17. The molecule has 1 aromatic carbocycles. The van der Waals surface area contributed by atoms with Crippen molar-refractivity contribution in [3.8, 4) is 11.6 Å². The maximum atomic E-state index is 12.6. The highest BCUT2D eigenvalue weighted by Crippen LogP contribution is 2.39. The third-order valence-corrected chi connectivity index (χ3v) is 5.87. The minimum atomic E-state index is 0.0914. The van der Waals surface area contributed by atoms with E-state index in [1.165, 1.54) is 5.56 Å². The van der Waals surface area contributed by atoms with Crippen LogP contribution in [0.3, 0.4) is 0 Å². The number of hydrogen-bond donors (Lipinski definition) is 0. The summed E-state index contributed by atoms with van der Waals surface area (Å²) in [5.74, 6) is 1.55. The Morgan fingerprint density at radius 2 is 1.88 bits per heavy atom. The van der Waals surface area contributed by atoms with Gasteiger partial charge in [0.25, 0.3) is 5.88 Å². The topological polar surface area (TPSA) is 56.6 Å². The van der Waals surface area contributed by atoms with Gasteiger partial charge in [-0.3, -0.25) is 9.48 Å². The van der Waals surface area contributed by atoms with Crippen molar-refractivity contribution < 1.29 is 14.3 Å². The first-order valence-corrected chi connectivity index (χ1v) is 9.51. The van der Waals surface area contributed by atoms with Crippen LogP contribution in [0.15, 0.2) is 18.3 Å². The van der Waals surface area contributed by atoms with Gasteiger partial charge in [0.2, 0.25) is 5.91 Å². The highest BCUT2D eigenvalue weighted by molar-refractivity contribution is 14.1. The first-order chi connectivity index (χ1) is 11.4. The van der Waals surface area contributed by atoms with E-state index in [9.17, 15) is 4.79 Å². The number of amides is 1. The number of aromatic nitrogens is 2. The van der Waals surface area contributed by atoms with Gasteiger partial charge in [-0.25, -0.2) is 0 Å². The number of methoxy groups -OCH3 is 2. The highest BCUT2D eigenvalue weighted by atomic mass is 127. The number of aryl methyl sites for hydroxylation is 1. The van der Waals surface area contributed by atoms with Crippen LogP contribution in [0, 0.1) is 7.14 Å². The minimum Gasteiger partial charge on any atom is -0.497 e. The van der Waals surface area contributed by atoms with Gasteiger partial charge in [0.05, 0.1) is 20.4 Å². The number of hydrogen-bond acceptors (Lipinski definition) is 4. The van der Waals surface area contributed by atoms with E-state index < -0.39 is 0 Å². The normalized spacial score (nSPS) is 17.5. The molecule has 1 fully saturated rings. The van der Waals surface area contributed by atoms with Crippen molar-refractivity contribution in [1.82, 2.24) is 9.78 Å². The van der Waals surface area contributed by atoms with Gasteiger partial charge >= 0.3 is 0 Å². The highest BCUT2D eigenvalue weighted by Gasteiger charge is 2.36. The summed E-state index contributed by atoms with van der Waals surface area (Å²) >= 11 is 4.63. The number of carbonyl (C=O) groups excluding carboxylic acids is 1. The van der Waals surface area contributed by atoms with Crippen molar-refractivity contribution in [1.29, 1.82) is 0 Å². The second-order valence-electron chi connectivity index (χ2n) is 5.61. The van der Waals surface area contributed by atoms with Gasteiger partial charge in [0, 0.05) is 33.1 Å². The molecular weight excluding hydrogens is 536 g/mol. The predicted molar refractivity (Wildman–Crippen MR) is 108 cm³/mol. The fourth-order valence-electron chi connectivity index (χ4n) is 2.99. The summed E-state index contributed by atoms with van der Waals surface area (Å²) in [6, 6.07) is 4.02. The van der Waals surface area contributed by atoms with Gasteiger partial charge in [0.15, 0.2) is 0 Å². The van der Waals surface area contributed by atoms with Crippen molar-refractivity contribution in [3.63, 3.8) is 0 Å². The van der Waals surface area contributed by atoms with Crippen LogP contribution in [0.2, 0.25) is 0 Å². The standard InChI is InChI=1S/C16H17I2N3O3/c1-20-8-13(16(19-20)24-3)21-7-9(4-14(21)22)15-11(17)5-10(23-2)6-12(15)18/h5-6,8-9H,4,7H2,1-3H3/t9-/m0/s1. The lowest BCUT2D eigenvalue weighted by atomic mass is 9.98. The average molecular weight is 553 g/mol. The Balaban J connectivity index is 1.93. The maximum Gasteiger partial charge on any atom is 0.256 e. The molecular formula is C16H17I2N3O3. The molecule has 1 atom stereocenters. The summed E-state index contributed by atoms with van der Waals surface area (Å²) in [6.45, 7) is 0.624. The summed E-state index contributed by atoms with van der Waals surface area (Å²) in [6.07, 6.45) is 2.31. The van der Waals surface area contributed by atoms with E-state index in [0.29, 0.717) is 18.8 Å². The number of ether oxygens (including phenoxy) is 2. The van der Waals surface area contributed by atoms with Crippen LogP contribution in [-0.2, 0) is 11.8 Å². The number of anilines is 1. The van der Waals surface area contributed by atoms with Crippen molar-refractivity contribution in [3.05, 3.63) is 31.0 Å². The molecule has 0 unspecified atom stereocenters. The van der Waals surface area contributed by atoms with Crippen molar-refractivity contribution >= 4 is 56.8 Å². The van der Waals surface area contributed by atoms with Crippen LogP contribution in [0.25, 0.3) is 0 Å². The second kappa shape index (κ2) is 7.06. The molecule has 0 bridgehead atoms. The Morgan fingerprint density at radius 1 is 1.21 bits per heavy atom. The Kier molecular flexibility index (Phi) is 5.23. The maximum absolute atomic E-state index is 12.6. The molecule has 3 rings (SSSR count). The van der Waals surface area contributed by atoms with Crippen molar-refractivity contribution in [2.24, 2.45) is 7.05 Å². The van der Waals surface area contributed by atoms with Gasteiger partial charge in [-0.1, -0.05) is 0 Å². The van der Waals surface area contributed by atoms with E-state index in [1.54, 1.807) is 23.8 Å². The lowest BCUT2D eigenvalue weighted by Crippen LogP contribution is -2.24. The van der Waals surface area contributed by atoms with Crippen LogP contribution >= 0.6 is 45.2 Å². The molecule has 128 valence electrons. The van der Waals surface area contributed by atoms with Gasteiger partial charge in [-0.15, -0.1) is 5.10 Å². The fraction of sp³-hybridized carbons (Fsp3) is 0.375. The first kappa shape index (κ1) is 17.8. The van der Waals surface area contributed by atoms with Gasteiger partial charge in [-0.05, 0) is 62.9 Å². The monoisotopic (exact) mass is 553 g/mol. The molecule has 0 saturated carbocycles. The van der Waals surface area contributed by atoms with Crippen molar-refractivity contribution in [2.75, 3.05) is 25.7 Å². The summed E-state index contributed by atoms with van der Waals surface area (Å²) in [5.41, 5.74) is 1.93. The van der Waals surface area contributed by atoms with E-state index in [1.807, 2.05) is 25.4 Å². The summed E-state index contributed by atoms with van der Waals surface area (Å²) in [4.78, 5) is 14.4. The smallest absolute Gasteiger partial charge is 0.256 e. The van der Waals surface area contributed by atoms with Crippen LogP contribution in [0.4, 0.5) is 5.69 Å². The molecule has 1 aromatic heterocycles. The Bertz CT molecular complexity index is 768. The summed E-state index contributed by atoms with van der Waals surface area (Å²) in [5, 5.41) is 4.24. The van der Waals surface area contributed by atoms with Crippen molar-refractivity contribution in [2.45, 2.75) is 12.3 Å². The number of benzene rings is 1. The second-order valence-corrected chi connectivity index (χ2v) is 7.93. The number of halogens is 2. The van der Waals surface area contributed by atoms with Gasteiger partial charge in [-0.2, -0.15) is 0 Å². The Hall–Kier alpha value is -1.04. The molecule has 0 N–H and O–H groups in total. The lowest BCUT2D eigenvalue weighted by molar-refractivity contribution is -0.117. The molecule has 1 aliphatic heterocycles. The SMILES string of the molecule is COc1cc(I)c([C@H]2CC(=O)N(c3cn(C)nc3OC)C2)c(I)c1. The lowest BCUT2D eigenvalue weighted by Gasteiger charge is -2.18. The average Bonchev–Trinajstić information content (AvgIpc) is 3.08. The molecule has 6 nitrogen and oxygen atoms in total. The minimum absolute atomic E-state index is 0.0914. The van der Waals surface area contributed by atoms with Crippen LogP contribution in [0.1, 0.15) is 17.9 Å². The molecule has 2 aromatic rings. The fourth-order valence-corrected chi connectivity index (χ4v) is 5.58. The van der Waals surface area contributed by atoms with Crippen LogP contribution < -0.4 is 14.4 Å². The van der Waals surface area contributed by atoms with E-state index in [-0.39, 0.29) is 11.8 Å². The van der Waals surface area contributed by atoms with E-state index in [0.717, 1.165) is 18.6 Å².